The van der Waals surface area contributed by atoms with Gasteiger partial charge in [0.25, 0.3) is 10.0 Å². The minimum absolute atomic E-state index is 0.372. The van der Waals surface area contributed by atoms with E-state index in [1.807, 2.05) is 6.92 Å². The fourth-order valence-electron chi connectivity index (χ4n) is 1.99. The van der Waals surface area contributed by atoms with E-state index in [-0.39, 0.29) is 0 Å². The summed E-state index contributed by atoms with van der Waals surface area (Å²) in [5.41, 5.74) is 1.05. The van der Waals surface area contributed by atoms with Crippen LogP contribution in [0.1, 0.15) is 44.1 Å². The highest BCUT2D eigenvalue weighted by molar-refractivity contribution is 7.91. The number of hydrogen-bond donors (Lipinski definition) is 1. The summed E-state index contributed by atoms with van der Waals surface area (Å²) in [5.74, 6) is 0.372. The van der Waals surface area contributed by atoms with Crippen LogP contribution in [0.4, 0.5) is 0 Å². The van der Waals surface area contributed by atoms with Crippen molar-refractivity contribution in [3.8, 4) is 0 Å². The van der Waals surface area contributed by atoms with E-state index in [0.717, 1.165) is 36.4 Å². The Hall–Kier alpha value is -0.430. The van der Waals surface area contributed by atoms with Crippen molar-refractivity contribution in [2.24, 2.45) is 5.92 Å². The van der Waals surface area contributed by atoms with Gasteiger partial charge in [-0.1, -0.05) is 27.2 Å². The molecule has 21 heavy (non-hydrogen) atoms. The Balaban J connectivity index is 2.86. The molecule has 0 aliphatic carbocycles. The van der Waals surface area contributed by atoms with Gasteiger partial charge in [-0.15, -0.1) is 11.3 Å². The molecule has 122 valence electrons. The Bertz CT molecular complexity index is 538. The molecule has 0 radical (unpaired) electrons. The van der Waals surface area contributed by atoms with Crippen molar-refractivity contribution in [3.63, 3.8) is 0 Å². The second kappa shape index (κ2) is 8.27. The maximum atomic E-state index is 12.6. The maximum Gasteiger partial charge on any atom is 0.252 e. The molecule has 0 bridgehead atoms. The van der Waals surface area contributed by atoms with Gasteiger partial charge in [0.1, 0.15) is 4.21 Å². The van der Waals surface area contributed by atoms with E-state index in [1.165, 1.54) is 15.6 Å². The third-order valence-electron chi connectivity index (χ3n) is 3.64. The fourth-order valence-corrected chi connectivity index (χ4v) is 5.05. The molecule has 1 N–H and O–H groups in total. The smallest absolute Gasteiger partial charge is 0.252 e. The van der Waals surface area contributed by atoms with Crippen molar-refractivity contribution in [2.45, 2.75) is 51.3 Å². The summed E-state index contributed by atoms with van der Waals surface area (Å²) < 4.78 is 27.1. The van der Waals surface area contributed by atoms with Gasteiger partial charge in [-0.3, -0.25) is 0 Å². The highest BCUT2D eigenvalue weighted by Crippen LogP contribution is 2.28. The lowest BCUT2D eigenvalue weighted by atomic mass is 10.1. The second-order valence-corrected chi connectivity index (χ2v) is 9.06. The molecule has 4 nitrogen and oxygen atoms in total. The van der Waals surface area contributed by atoms with Crippen LogP contribution in [0.25, 0.3) is 0 Å². The zero-order valence-corrected chi connectivity index (χ0v) is 15.4. The van der Waals surface area contributed by atoms with E-state index in [0.29, 0.717) is 16.7 Å². The summed E-state index contributed by atoms with van der Waals surface area (Å²) in [6, 6.07) is 1.80. The molecule has 0 aromatic carbocycles. The summed E-state index contributed by atoms with van der Waals surface area (Å²) in [7, 11) is -1.68. The SMILES string of the molecule is CCCNCc1sc(S(=O)(=O)N(C)CC(C)CC)cc1C. The van der Waals surface area contributed by atoms with Crippen LogP contribution in [0, 0.1) is 12.8 Å². The fraction of sp³-hybridized carbons (Fsp3) is 0.733. The van der Waals surface area contributed by atoms with E-state index < -0.39 is 10.0 Å². The second-order valence-electron chi connectivity index (χ2n) is 5.65. The number of rotatable bonds is 9. The van der Waals surface area contributed by atoms with Crippen molar-refractivity contribution in [1.29, 1.82) is 0 Å². The predicted molar refractivity (Wildman–Crippen MR) is 90.3 cm³/mol. The topological polar surface area (TPSA) is 49.4 Å². The first-order chi connectivity index (χ1) is 9.82. The summed E-state index contributed by atoms with van der Waals surface area (Å²) >= 11 is 1.39. The molecule has 0 aliphatic rings. The van der Waals surface area contributed by atoms with Crippen LogP contribution in [0.15, 0.2) is 10.3 Å². The lowest BCUT2D eigenvalue weighted by Gasteiger charge is -2.19. The number of nitrogens with one attached hydrogen (secondary N) is 1. The van der Waals surface area contributed by atoms with Crippen LogP contribution < -0.4 is 5.32 Å². The van der Waals surface area contributed by atoms with Gasteiger partial charge >= 0.3 is 0 Å². The first-order valence-corrected chi connectivity index (χ1v) is 9.84. The molecule has 1 rings (SSSR count). The Morgan fingerprint density at radius 2 is 2.05 bits per heavy atom. The van der Waals surface area contributed by atoms with Crippen molar-refractivity contribution >= 4 is 21.4 Å². The molecule has 0 fully saturated rings. The summed E-state index contributed by atoms with van der Waals surface area (Å²) in [5, 5.41) is 3.33. The lowest BCUT2D eigenvalue weighted by Crippen LogP contribution is -2.30. The van der Waals surface area contributed by atoms with Crippen LogP contribution in [0.2, 0.25) is 0 Å². The van der Waals surface area contributed by atoms with Crippen LogP contribution in [-0.4, -0.2) is 32.9 Å². The van der Waals surface area contributed by atoms with E-state index >= 15 is 0 Å². The first kappa shape index (κ1) is 18.6. The minimum Gasteiger partial charge on any atom is -0.312 e. The van der Waals surface area contributed by atoms with Crippen LogP contribution in [0.3, 0.4) is 0 Å². The molecule has 1 aromatic heterocycles. The molecule has 6 heteroatoms. The minimum atomic E-state index is -3.35. The van der Waals surface area contributed by atoms with Gasteiger partial charge in [0.15, 0.2) is 0 Å². The van der Waals surface area contributed by atoms with Crippen LogP contribution in [0.5, 0.6) is 0 Å². The Morgan fingerprint density at radius 1 is 1.38 bits per heavy atom. The zero-order valence-electron chi connectivity index (χ0n) is 13.8. The number of sulfonamides is 1. The van der Waals surface area contributed by atoms with E-state index in [4.69, 9.17) is 0 Å². The molecular formula is C15H28N2O2S2. The third kappa shape index (κ3) is 5.06. The van der Waals surface area contributed by atoms with E-state index in [2.05, 4.69) is 26.1 Å². The van der Waals surface area contributed by atoms with Gasteiger partial charge in [-0.2, -0.15) is 4.31 Å². The van der Waals surface area contributed by atoms with E-state index in [1.54, 1.807) is 13.1 Å². The van der Waals surface area contributed by atoms with Gasteiger partial charge in [0, 0.05) is 25.0 Å². The number of thiophene rings is 1. The number of nitrogens with zero attached hydrogens (tertiary/aromatic N) is 1. The lowest BCUT2D eigenvalue weighted by molar-refractivity contribution is 0.394. The molecule has 0 saturated carbocycles. The van der Waals surface area contributed by atoms with Gasteiger partial charge in [-0.05, 0) is 37.4 Å². The normalized spacial score (nSPS) is 13.8. The molecule has 1 heterocycles. The summed E-state index contributed by atoms with van der Waals surface area (Å²) in [4.78, 5) is 1.11. The average molecular weight is 333 g/mol. The van der Waals surface area contributed by atoms with Crippen LogP contribution in [-0.2, 0) is 16.6 Å². The Morgan fingerprint density at radius 3 is 2.62 bits per heavy atom. The first-order valence-electron chi connectivity index (χ1n) is 7.59. The van der Waals surface area contributed by atoms with Crippen molar-refractivity contribution in [3.05, 3.63) is 16.5 Å². The molecular weight excluding hydrogens is 304 g/mol. The molecule has 0 spiro atoms. The third-order valence-corrected chi connectivity index (χ3v) is 7.15. The predicted octanol–water partition coefficient (Wildman–Crippen LogP) is 3.22. The molecule has 1 aromatic rings. The largest absolute Gasteiger partial charge is 0.312 e. The monoisotopic (exact) mass is 332 g/mol. The van der Waals surface area contributed by atoms with Gasteiger partial charge in [-0.25, -0.2) is 8.42 Å². The highest BCUT2D eigenvalue weighted by Gasteiger charge is 2.24. The van der Waals surface area contributed by atoms with Gasteiger partial charge in [0.05, 0.1) is 0 Å². The molecule has 1 unspecified atom stereocenters. The Labute approximate surface area is 133 Å². The zero-order chi connectivity index (χ0) is 16.0. The summed E-state index contributed by atoms with van der Waals surface area (Å²) in [6.45, 7) is 10.5. The molecule has 0 aliphatic heterocycles. The molecule has 0 amide bonds. The standard InChI is InChI=1S/C15H28N2O2S2/c1-6-8-16-10-14-13(4)9-15(20-14)21(18,19)17(5)11-12(3)7-2/h9,12,16H,6-8,10-11H2,1-5H3. The average Bonchev–Trinajstić information content (AvgIpc) is 2.81. The van der Waals surface area contributed by atoms with Gasteiger partial charge < -0.3 is 5.32 Å². The highest BCUT2D eigenvalue weighted by atomic mass is 32.2. The number of aryl methyl sites for hydroxylation is 1. The van der Waals surface area contributed by atoms with Crippen molar-refractivity contribution < 1.29 is 8.42 Å². The van der Waals surface area contributed by atoms with Crippen LogP contribution >= 0.6 is 11.3 Å². The van der Waals surface area contributed by atoms with Crippen molar-refractivity contribution in [1.82, 2.24) is 9.62 Å². The maximum absolute atomic E-state index is 12.6. The van der Waals surface area contributed by atoms with Gasteiger partial charge in [0.2, 0.25) is 0 Å². The molecule has 0 saturated heterocycles. The van der Waals surface area contributed by atoms with E-state index in [9.17, 15) is 8.42 Å². The summed E-state index contributed by atoms with van der Waals surface area (Å²) in [6.07, 6.45) is 2.06. The van der Waals surface area contributed by atoms with Crippen molar-refractivity contribution in [2.75, 3.05) is 20.1 Å². The quantitative estimate of drug-likeness (QED) is 0.706. The molecule has 1 atom stereocenters. The number of hydrogen-bond acceptors (Lipinski definition) is 4. The Kier molecular flexibility index (Phi) is 7.33.